The van der Waals surface area contributed by atoms with E-state index in [0.717, 1.165) is 35.5 Å². The molecule has 8 unspecified atom stereocenters. The maximum absolute atomic E-state index is 7.05. The first-order valence-corrected chi connectivity index (χ1v) is 18.0. The highest BCUT2D eigenvalue weighted by Crippen LogP contribution is 2.71. The van der Waals surface area contributed by atoms with Crippen LogP contribution in [0.5, 0.6) is 0 Å². The summed E-state index contributed by atoms with van der Waals surface area (Å²) in [6.45, 7) is 24.2. The van der Waals surface area contributed by atoms with Crippen molar-refractivity contribution in [2.24, 2.45) is 51.8 Å². The Labute approximate surface area is 250 Å². The van der Waals surface area contributed by atoms with E-state index < -0.39 is 0 Å². The van der Waals surface area contributed by atoms with Gasteiger partial charge >= 0.3 is 0 Å². The van der Waals surface area contributed by atoms with Crippen LogP contribution in [0.2, 0.25) is 0 Å². The summed E-state index contributed by atoms with van der Waals surface area (Å²) in [4.78, 5) is 0. The van der Waals surface area contributed by atoms with Gasteiger partial charge < -0.3 is 4.74 Å². The minimum Gasteiger partial charge on any atom is -0.371 e. The SMILES string of the molecule is CC.CC/C=C(\C)C1CCCC2(C)C3CCC4=CC(OC5C[C@@H](C)CC[C@H]5CC(C)C)CCC4(C)C3CCC12C. The van der Waals surface area contributed by atoms with Gasteiger partial charge in [-0.2, -0.15) is 0 Å². The minimum atomic E-state index is 0.366. The standard InChI is InChI=1S/C37H62O.C2H6/c1-9-11-27(5)31-12-10-19-36(7)33-16-15-29-24-30(17-20-35(29,6)32(33)18-21-37(31,36)8)38-34-23-26(4)13-14-28(34)22-25(2)3;1-2/h11,24-26,28,30-34H,9-10,12-23H2,1-8H3;1-2H3/b27-11+;/t26-,28-,30?,31?,32?,33?,34?,35?,36?,37?;/m0./s1. The van der Waals surface area contributed by atoms with Gasteiger partial charge in [-0.1, -0.05) is 98.5 Å². The number of ether oxygens (including phenoxy) is 1. The second-order valence-corrected chi connectivity index (χ2v) is 16.1. The van der Waals surface area contributed by atoms with Crippen LogP contribution in [0, 0.1) is 51.8 Å². The topological polar surface area (TPSA) is 9.23 Å². The van der Waals surface area contributed by atoms with Crippen molar-refractivity contribution >= 4 is 0 Å². The molecule has 0 aromatic rings. The molecule has 0 aromatic carbocycles. The highest BCUT2D eigenvalue weighted by Gasteiger charge is 2.63. The van der Waals surface area contributed by atoms with Crippen LogP contribution in [0.1, 0.15) is 159 Å². The first-order chi connectivity index (χ1) is 19.0. The van der Waals surface area contributed by atoms with Crippen LogP contribution < -0.4 is 0 Å². The molecule has 1 heteroatoms. The summed E-state index contributed by atoms with van der Waals surface area (Å²) in [5.41, 5.74) is 4.87. The van der Waals surface area contributed by atoms with Gasteiger partial charge in [0.25, 0.3) is 0 Å². The summed E-state index contributed by atoms with van der Waals surface area (Å²) >= 11 is 0. The van der Waals surface area contributed by atoms with Crippen molar-refractivity contribution in [3.63, 3.8) is 0 Å². The van der Waals surface area contributed by atoms with E-state index >= 15 is 0 Å². The quantitative estimate of drug-likeness (QED) is 0.298. The average Bonchev–Trinajstić information content (AvgIpc) is 2.91. The van der Waals surface area contributed by atoms with Gasteiger partial charge in [0.05, 0.1) is 12.2 Å². The molecule has 5 rings (SSSR count). The Hall–Kier alpha value is -0.560. The molecule has 5 aliphatic carbocycles. The second kappa shape index (κ2) is 13.0. The molecule has 0 N–H and O–H groups in total. The Morgan fingerprint density at radius 2 is 1.70 bits per heavy atom. The van der Waals surface area contributed by atoms with Crippen molar-refractivity contribution in [2.45, 2.75) is 171 Å². The smallest absolute Gasteiger partial charge is 0.0762 e. The number of allylic oxidation sites excluding steroid dienone is 3. The van der Waals surface area contributed by atoms with E-state index in [2.05, 4.69) is 67.5 Å². The maximum atomic E-state index is 7.05. The van der Waals surface area contributed by atoms with Crippen molar-refractivity contribution in [3.05, 3.63) is 23.3 Å². The summed E-state index contributed by atoms with van der Waals surface area (Å²) in [6, 6.07) is 0. The molecule has 0 saturated heterocycles. The molecule has 0 radical (unpaired) electrons. The summed E-state index contributed by atoms with van der Waals surface area (Å²) in [6.07, 6.45) is 25.2. The van der Waals surface area contributed by atoms with Crippen molar-refractivity contribution in [1.29, 1.82) is 0 Å². The number of fused-ring (bicyclic) bond motifs is 5. The molecule has 0 heterocycles. The van der Waals surface area contributed by atoms with Crippen LogP contribution in [-0.4, -0.2) is 12.2 Å². The maximum Gasteiger partial charge on any atom is 0.0762 e. The molecular weight excluding hydrogens is 484 g/mol. The fourth-order valence-electron chi connectivity index (χ4n) is 11.3. The molecule has 0 amide bonds. The zero-order valence-electron chi connectivity index (χ0n) is 28.6. The highest BCUT2D eigenvalue weighted by molar-refractivity contribution is 5.27. The lowest BCUT2D eigenvalue weighted by Crippen LogP contribution is -2.60. The number of hydrogen-bond donors (Lipinski definition) is 0. The van der Waals surface area contributed by atoms with E-state index in [1.165, 1.54) is 89.9 Å². The summed E-state index contributed by atoms with van der Waals surface area (Å²) in [5.74, 6) is 4.95. The predicted octanol–water partition coefficient (Wildman–Crippen LogP) is 12.0. The molecule has 0 aliphatic heterocycles. The largest absolute Gasteiger partial charge is 0.371 e. The molecule has 4 saturated carbocycles. The van der Waals surface area contributed by atoms with Crippen molar-refractivity contribution in [2.75, 3.05) is 0 Å². The Balaban J connectivity index is 0.00000181. The summed E-state index contributed by atoms with van der Waals surface area (Å²) in [7, 11) is 0. The van der Waals surface area contributed by atoms with Gasteiger partial charge in [-0.05, 0) is 136 Å². The lowest BCUT2D eigenvalue weighted by molar-refractivity contribution is -0.160. The molecule has 40 heavy (non-hydrogen) atoms. The molecule has 0 aromatic heterocycles. The lowest BCUT2D eigenvalue weighted by atomic mass is 9.37. The van der Waals surface area contributed by atoms with Gasteiger partial charge in [-0.3, -0.25) is 0 Å². The van der Waals surface area contributed by atoms with Crippen LogP contribution in [0.3, 0.4) is 0 Å². The van der Waals surface area contributed by atoms with E-state index in [0.29, 0.717) is 28.5 Å². The van der Waals surface area contributed by atoms with Crippen LogP contribution in [0.25, 0.3) is 0 Å². The van der Waals surface area contributed by atoms with E-state index in [1.54, 1.807) is 11.1 Å². The van der Waals surface area contributed by atoms with E-state index in [9.17, 15) is 0 Å². The molecule has 0 spiro atoms. The van der Waals surface area contributed by atoms with Gasteiger partial charge in [0.1, 0.15) is 0 Å². The molecule has 230 valence electrons. The van der Waals surface area contributed by atoms with Crippen molar-refractivity contribution in [3.8, 4) is 0 Å². The first kappa shape index (κ1) is 32.4. The van der Waals surface area contributed by atoms with Crippen LogP contribution in [0.4, 0.5) is 0 Å². The fourth-order valence-corrected chi connectivity index (χ4v) is 11.3. The average molecular weight is 553 g/mol. The molecule has 10 atom stereocenters. The van der Waals surface area contributed by atoms with E-state index in [1.807, 2.05) is 13.8 Å². The Morgan fingerprint density at radius 3 is 2.40 bits per heavy atom. The van der Waals surface area contributed by atoms with Gasteiger partial charge in [0, 0.05) is 0 Å². The normalized spacial score (nSPS) is 45.4. The number of hydrogen-bond acceptors (Lipinski definition) is 1. The van der Waals surface area contributed by atoms with Crippen molar-refractivity contribution < 1.29 is 4.74 Å². The predicted molar refractivity (Wildman–Crippen MR) is 174 cm³/mol. The highest BCUT2D eigenvalue weighted by atomic mass is 16.5. The molecule has 4 fully saturated rings. The Bertz CT molecular complexity index is 896. The lowest BCUT2D eigenvalue weighted by Gasteiger charge is -2.67. The second-order valence-electron chi connectivity index (χ2n) is 16.1. The van der Waals surface area contributed by atoms with Gasteiger partial charge in [-0.15, -0.1) is 0 Å². The van der Waals surface area contributed by atoms with Gasteiger partial charge in [0.2, 0.25) is 0 Å². The van der Waals surface area contributed by atoms with Crippen LogP contribution >= 0.6 is 0 Å². The van der Waals surface area contributed by atoms with Gasteiger partial charge in [0.15, 0.2) is 0 Å². The van der Waals surface area contributed by atoms with Crippen LogP contribution in [-0.2, 0) is 4.74 Å². The minimum absolute atomic E-state index is 0.366. The Morgan fingerprint density at radius 1 is 0.950 bits per heavy atom. The van der Waals surface area contributed by atoms with E-state index in [-0.39, 0.29) is 0 Å². The zero-order chi connectivity index (χ0) is 29.3. The van der Waals surface area contributed by atoms with Crippen molar-refractivity contribution in [1.82, 2.24) is 0 Å². The summed E-state index contributed by atoms with van der Waals surface area (Å²) in [5, 5.41) is 0. The first-order valence-electron chi connectivity index (χ1n) is 18.0. The third kappa shape index (κ3) is 5.82. The molecule has 0 bridgehead atoms. The number of rotatable bonds is 6. The van der Waals surface area contributed by atoms with E-state index in [4.69, 9.17) is 4.74 Å². The molecule has 1 nitrogen and oxygen atoms in total. The molecular formula is C39H68O. The summed E-state index contributed by atoms with van der Waals surface area (Å²) < 4.78 is 7.05. The van der Waals surface area contributed by atoms with Crippen LogP contribution in [0.15, 0.2) is 23.3 Å². The fraction of sp³-hybridized carbons (Fsp3) is 0.897. The Kier molecular flexibility index (Phi) is 10.5. The van der Waals surface area contributed by atoms with Gasteiger partial charge in [-0.25, -0.2) is 0 Å². The third-order valence-corrected chi connectivity index (χ3v) is 13.5. The molecule has 5 aliphatic rings. The third-order valence-electron chi connectivity index (χ3n) is 13.5. The zero-order valence-corrected chi connectivity index (χ0v) is 28.6. The monoisotopic (exact) mass is 553 g/mol.